The van der Waals surface area contributed by atoms with Crippen LogP contribution in [0.3, 0.4) is 0 Å². The zero-order valence-corrected chi connectivity index (χ0v) is 21.6. The molecular formula is C29H33N5O3. The lowest BCUT2D eigenvalue weighted by Gasteiger charge is -2.22. The van der Waals surface area contributed by atoms with E-state index in [-0.39, 0.29) is 23.9 Å². The quantitative estimate of drug-likeness (QED) is 0.491. The summed E-state index contributed by atoms with van der Waals surface area (Å²) in [6, 6.07) is 13.3. The molecular weight excluding hydrogens is 466 g/mol. The normalized spacial score (nSPS) is 12.8. The van der Waals surface area contributed by atoms with Crippen LogP contribution in [0, 0.1) is 0 Å². The van der Waals surface area contributed by atoms with Gasteiger partial charge in [-0.2, -0.15) is 0 Å². The first kappa shape index (κ1) is 25.9. The van der Waals surface area contributed by atoms with Gasteiger partial charge in [-0.05, 0) is 59.7 Å². The van der Waals surface area contributed by atoms with Crippen molar-refractivity contribution >= 4 is 40.2 Å². The second-order valence-electron chi connectivity index (χ2n) is 9.24. The molecule has 0 unspecified atom stereocenters. The van der Waals surface area contributed by atoms with E-state index in [1.54, 1.807) is 19.3 Å². The highest BCUT2D eigenvalue weighted by Gasteiger charge is 2.21. The molecule has 3 aromatic rings. The molecule has 37 heavy (non-hydrogen) atoms. The average Bonchev–Trinajstić information content (AvgIpc) is 3.06. The molecule has 3 N–H and O–H groups in total. The molecule has 1 aromatic heterocycles. The average molecular weight is 500 g/mol. The van der Waals surface area contributed by atoms with Gasteiger partial charge in [0.15, 0.2) is 0 Å². The summed E-state index contributed by atoms with van der Waals surface area (Å²) in [6.45, 7) is 5.54. The van der Waals surface area contributed by atoms with E-state index in [0.29, 0.717) is 42.0 Å². The van der Waals surface area contributed by atoms with Gasteiger partial charge in [0.25, 0.3) is 5.56 Å². The van der Waals surface area contributed by atoms with Crippen molar-refractivity contribution in [1.82, 2.24) is 14.8 Å². The largest absolute Gasteiger partial charge is 0.387 e. The highest BCUT2D eigenvalue weighted by molar-refractivity contribution is 6.05. The van der Waals surface area contributed by atoms with Gasteiger partial charge in [0.05, 0.1) is 5.69 Å². The molecule has 0 fully saturated rings. The lowest BCUT2D eigenvalue weighted by molar-refractivity contribution is -0.127. The van der Waals surface area contributed by atoms with E-state index in [4.69, 9.17) is 5.73 Å². The van der Waals surface area contributed by atoms with Crippen molar-refractivity contribution in [1.29, 1.82) is 0 Å². The molecule has 2 aromatic carbocycles. The van der Waals surface area contributed by atoms with Crippen LogP contribution in [0.25, 0.3) is 28.0 Å². The standard InChI is InChI=1S/C29H33N5O3/c1-4-11-33(12-5-2)28(36)23-15-22-7-6-20(16-25(22)32-26(30)17-23)19-8-9-24-21(14-19)10-13-34(29(24)37)18-27(35)31-3/h6-10,13-16H,4-5,11-12,17-18H2,1-3H3,(H2,30,32)(H,31,35). The van der Waals surface area contributed by atoms with Crippen molar-refractivity contribution in [3.63, 3.8) is 0 Å². The second-order valence-corrected chi connectivity index (χ2v) is 9.24. The number of amidine groups is 1. The number of carbonyl (C=O) groups excluding carboxylic acids is 2. The molecule has 0 spiro atoms. The number of fused-ring (bicyclic) bond motifs is 2. The molecule has 4 rings (SSSR count). The van der Waals surface area contributed by atoms with Crippen LogP contribution >= 0.6 is 0 Å². The van der Waals surface area contributed by atoms with Crippen LogP contribution in [-0.4, -0.2) is 47.3 Å². The van der Waals surface area contributed by atoms with Gasteiger partial charge in [-0.3, -0.25) is 14.4 Å². The summed E-state index contributed by atoms with van der Waals surface area (Å²) in [7, 11) is 1.54. The van der Waals surface area contributed by atoms with Gasteiger partial charge in [-0.15, -0.1) is 0 Å². The Morgan fingerprint density at radius 2 is 1.76 bits per heavy atom. The van der Waals surface area contributed by atoms with Crippen LogP contribution in [0.15, 0.2) is 64.0 Å². The number of hydrogen-bond donors (Lipinski definition) is 2. The monoisotopic (exact) mass is 499 g/mol. The smallest absolute Gasteiger partial charge is 0.258 e. The predicted octanol–water partition coefficient (Wildman–Crippen LogP) is 3.84. The van der Waals surface area contributed by atoms with E-state index in [0.717, 1.165) is 34.9 Å². The summed E-state index contributed by atoms with van der Waals surface area (Å²) in [6.07, 6.45) is 5.64. The van der Waals surface area contributed by atoms with Gasteiger partial charge in [-0.1, -0.05) is 32.0 Å². The molecule has 2 amide bonds. The first-order valence-electron chi connectivity index (χ1n) is 12.7. The van der Waals surface area contributed by atoms with Crippen molar-refractivity contribution in [3.05, 3.63) is 70.2 Å². The number of likely N-dealkylation sites (N-methyl/N-ethyl adjacent to an activating group) is 1. The van der Waals surface area contributed by atoms with E-state index >= 15 is 0 Å². The lowest BCUT2D eigenvalue weighted by atomic mass is 9.99. The van der Waals surface area contributed by atoms with Crippen molar-refractivity contribution in [3.8, 4) is 11.1 Å². The Hall–Kier alpha value is -4.20. The van der Waals surface area contributed by atoms with E-state index < -0.39 is 0 Å². The molecule has 0 atom stereocenters. The lowest BCUT2D eigenvalue weighted by Crippen LogP contribution is -2.34. The number of benzene rings is 2. The minimum Gasteiger partial charge on any atom is -0.387 e. The van der Waals surface area contributed by atoms with Crippen molar-refractivity contribution in [2.45, 2.75) is 39.7 Å². The Bertz CT molecular complexity index is 1460. The molecule has 0 saturated heterocycles. The summed E-state index contributed by atoms with van der Waals surface area (Å²) in [4.78, 5) is 44.3. The van der Waals surface area contributed by atoms with Gasteiger partial charge in [0.2, 0.25) is 11.8 Å². The number of amides is 2. The highest BCUT2D eigenvalue weighted by atomic mass is 16.2. The summed E-state index contributed by atoms with van der Waals surface area (Å²) < 4.78 is 1.40. The van der Waals surface area contributed by atoms with Crippen LogP contribution in [0.1, 0.15) is 38.7 Å². The van der Waals surface area contributed by atoms with Gasteiger partial charge in [0.1, 0.15) is 12.4 Å². The summed E-state index contributed by atoms with van der Waals surface area (Å²) in [5.74, 6) is 0.180. The summed E-state index contributed by atoms with van der Waals surface area (Å²) in [5.41, 5.74) is 10.1. The van der Waals surface area contributed by atoms with E-state index in [1.807, 2.05) is 47.4 Å². The second kappa shape index (κ2) is 11.2. The topological polar surface area (TPSA) is 110 Å². The third-order valence-corrected chi connectivity index (χ3v) is 6.45. The fourth-order valence-corrected chi connectivity index (χ4v) is 4.59. The molecule has 1 aliphatic heterocycles. The number of hydrogen-bond acceptors (Lipinski definition) is 5. The van der Waals surface area contributed by atoms with Crippen LogP contribution in [-0.2, 0) is 16.1 Å². The zero-order chi connectivity index (χ0) is 26.5. The fraction of sp³-hybridized carbons (Fsp3) is 0.310. The Morgan fingerprint density at radius 1 is 1.05 bits per heavy atom. The molecule has 0 saturated carbocycles. The fourth-order valence-electron chi connectivity index (χ4n) is 4.59. The van der Waals surface area contributed by atoms with Crippen LogP contribution < -0.4 is 16.6 Å². The Kier molecular flexibility index (Phi) is 7.86. The minimum absolute atomic E-state index is 0.00961. The van der Waals surface area contributed by atoms with E-state index in [1.165, 1.54) is 4.57 Å². The number of pyridine rings is 1. The van der Waals surface area contributed by atoms with Gasteiger partial charge in [-0.25, -0.2) is 4.99 Å². The van der Waals surface area contributed by atoms with E-state index in [9.17, 15) is 14.4 Å². The molecule has 8 heteroatoms. The number of nitrogens with two attached hydrogens (primary N) is 1. The molecule has 0 radical (unpaired) electrons. The van der Waals surface area contributed by atoms with Gasteiger partial charge >= 0.3 is 0 Å². The number of nitrogens with one attached hydrogen (secondary N) is 1. The number of rotatable bonds is 8. The molecule has 8 nitrogen and oxygen atoms in total. The number of nitrogens with zero attached hydrogens (tertiary/aromatic N) is 3. The molecule has 0 bridgehead atoms. The highest BCUT2D eigenvalue weighted by Crippen LogP contribution is 2.33. The first-order chi connectivity index (χ1) is 17.8. The minimum atomic E-state index is -0.231. The molecule has 1 aliphatic rings. The van der Waals surface area contributed by atoms with Crippen LogP contribution in [0.5, 0.6) is 0 Å². The maximum atomic E-state index is 13.2. The number of carbonyl (C=O) groups is 2. The Labute approximate surface area is 216 Å². The summed E-state index contributed by atoms with van der Waals surface area (Å²) in [5, 5.41) is 3.86. The van der Waals surface area contributed by atoms with Crippen LogP contribution in [0.2, 0.25) is 0 Å². The first-order valence-corrected chi connectivity index (χ1v) is 12.7. The van der Waals surface area contributed by atoms with Gasteiger partial charge in [0, 0.05) is 49.3 Å². The van der Waals surface area contributed by atoms with Crippen molar-refractivity contribution < 1.29 is 9.59 Å². The van der Waals surface area contributed by atoms with Gasteiger partial charge < -0.3 is 20.5 Å². The number of aromatic nitrogens is 1. The van der Waals surface area contributed by atoms with Crippen molar-refractivity contribution in [2.24, 2.45) is 10.7 Å². The van der Waals surface area contributed by atoms with E-state index in [2.05, 4.69) is 24.2 Å². The maximum absolute atomic E-state index is 13.2. The molecule has 0 aliphatic carbocycles. The van der Waals surface area contributed by atoms with Crippen LogP contribution in [0.4, 0.5) is 5.69 Å². The van der Waals surface area contributed by atoms with Crippen molar-refractivity contribution in [2.75, 3.05) is 20.1 Å². The maximum Gasteiger partial charge on any atom is 0.258 e. The number of aliphatic imine (C=N–C) groups is 1. The SMILES string of the molecule is CCCN(CCC)C(=O)C1=Cc2ccc(-c3ccc4c(=O)n(CC(=O)NC)ccc4c3)cc2N=C(N)C1. The zero-order valence-electron chi connectivity index (χ0n) is 21.6. The predicted molar refractivity (Wildman–Crippen MR) is 149 cm³/mol. The molecule has 192 valence electrons. The third kappa shape index (κ3) is 5.63. The Morgan fingerprint density at radius 3 is 2.46 bits per heavy atom. The summed E-state index contributed by atoms with van der Waals surface area (Å²) >= 11 is 0. The Balaban J connectivity index is 1.68. The molecule has 2 heterocycles. The third-order valence-electron chi connectivity index (χ3n) is 6.45.